The molecule has 34 heavy (non-hydrogen) atoms. The zero-order valence-electron chi connectivity index (χ0n) is 19.4. The molecule has 0 spiro atoms. The van der Waals surface area contributed by atoms with Gasteiger partial charge in [0.15, 0.2) is 0 Å². The third kappa shape index (κ3) is 3.11. The molecule has 0 aliphatic rings. The van der Waals surface area contributed by atoms with Crippen LogP contribution in [0.4, 0.5) is 0 Å². The summed E-state index contributed by atoms with van der Waals surface area (Å²) in [6.45, 7) is 4.00. The number of hydrogen-bond donors (Lipinski definition) is 1. The molecular weight excluding hydrogens is 412 g/mol. The summed E-state index contributed by atoms with van der Waals surface area (Å²) in [7, 11) is 0. The second-order valence-corrected chi connectivity index (χ2v) is 8.35. The van der Waals surface area contributed by atoms with Crippen LogP contribution in [-0.4, -0.2) is 9.55 Å². The lowest BCUT2D eigenvalue weighted by Gasteiger charge is -2.08. The maximum absolute atomic E-state index is 3.53. The molecule has 0 amide bonds. The quantitative estimate of drug-likeness (QED) is 0.278. The van der Waals surface area contributed by atoms with Crippen molar-refractivity contribution >= 4 is 43.6 Å². The van der Waals surface area contributed by atoms with Crippen LogP contribution in [0.5, 0.6) is 0 Å². The Hall–Kier alpha value is -4.30. The van der Waals surface area contributed by atoms with Gasteiger partial charge < -0.3 is 9.55 Å². The van der Waals surface area contributed by atoms with E-state index in [1.54, 1.807) is 0 Å². The first-order valence-corrected chi connectivity index (χ1v) is 12.0. The van der Waals surface area contributed by atoms with Crippen molar-refractivity contribution in [2.45, 2.75) is 13.8 Å². The van der Waals surface area contributed by atoms with Gasteiger partial charge in [0.05, 0.1) is 11.0 Å². The Bertz CT molecular complexity index is 1770. The maximum Gasteiger partial charge on any atom is 0.0541 e. The maximum atomic E-state index is 3.53. The Morgan fingerprint density at radius 1 is 0.471 bits per heavy atom. The lowest BCUT2D eigenvalue weighted by Crippen LogP contribution is -1.92. The van der Waals surface area contributed by atoms with Crippen molar-refractivity contribution in [1.29, 1.82) is 0 Å². The summed E-state index contributed by atoms with van der Waals surface area (Å²) in [6, 6.07) is 41.4. The molecule has 0 fully saturated rings. The highest BCUT2D eigenvalue weighted by Crippen LogP contribution is 2.36. The number of hydrogen-bond acceptors (Lipinski definition) is 0. The monoisotopic (exact) mass is 438 g/mol. The van der Waals surface area contributed by atoms with Gasteiger partial charge in [-0.05, 0) is 59.7 Å². The lowest BCUT2D eigenvalue weighted by molar-refractivity contribution is 1.18. The van der Waals surface area contributed by atoms with E-state index in [9.17, 15) is 0 Å². The number of aromatic amines is 1. The molecule has 0 radical (unpaired) electrons. The molecule has 0 saturated carbocycles. The van der Waals surface area contributed by atoms with Crippen LogP contribution < -0.4 is 0 Å². The minimum atomic E-state index is 1.18. The van der Waals surface area contributed by atoms with Crippen LogP contribution in [0.2, 0.25) is 0 Å². The van der Waals surface area contributed by atoms with E-state index in [0.29, 0.717) is 0 Å². The van der Waals surface area contributed by atoms with Gasteiger partial charge in [-0.2, -0.15) is 0 Å². The van der Waals surface area contributed by atoms with Gasteiger partial charge in [0.25, 0.3) is 0 Å². The molecule has 0 atom stereocenters. The molecule has 164 valence electrons. The molecule has 2 aromatic heterocycles. The second kappa shape index (κ2) is 8.24. The first-order chi connectivity index (χ1) is 16.9. The molecule has 1 N–H and O–H groups in total. The fourth-order valence-corrected chi connectivity index (χ4v) is 5.04. The van der Waals surface area contributed by atoms with Crippen LogP contribution in [0, 0.1) is 0 Å². The molecule has 2 heterocycles. The highest BCUT2D eigenvalue weighted by molar-refractivity contribution is 6.11. The smallest absolute Gasteiger partial charge is 0.0541 e. The average molecular weight is 439 g/mol. The van der Waals surface area contributed by atoms with E-state index in [2.05, 4.69) is 125 Å². The van der Waals surface area contributed by atoms with Crippen molar-refractivity contribution < 1.29 is 0 Å². The number of nitrogens with one attached hydrogen (secondary N) is 1. The van der Waals surface area contributed by atoms with Crippen molar-refractivity contribution in [3.63, 3.8) is 0 Å². The standard InChI is InChI=1S/C30H20N2.C2H6/c1-2-8-22(9-3-1)32-29-13-7-5-11-24(29)26-19-21(15-17-30(26)32)20-14-16-28-25(18-20)23-10-4-6-12-27(23)31-28;1-2/h1-19,31H;1-2H3. The fraction of sp³-hybridized carbons (Fsp3) is 0.0625. The Balaban J connectivity index is 0.00000106. The number of fused-ring (bicyclic) bond motifs is 6. The van der Waals surface area contributed by atoms with Crippen LogP contribution in [0.1, 0.15) is 13.8 Å². The lowest BCUT2D eigenvalue weighted by atomic mass is 10.0. The number of para-hydroxylation sites is 3. The normalized spacial score (nSPS) is 11.2. The Morgan fingerprint density at radius 3 is 1.88 bits per heavy atom. The summed E-state index contributed by atoms with van der Waals surface area (Å²) >= 11 is 0. The SMILES string of the molecule is CC.c1ccc(-n2c3ccccc3c3cc(-c4ccc5[nH]c6ccccc6c5c4)ccc32)cc1. The summed E-state index contributed by atoms with van der Waals surface area (Å²) in [6.07, 6.45) is 0. The third-order valence-corrected chi connectivity index (χ3v) is 6.53. The molecule has 2 heteroatoms. The van der Waals surface area contributed by atoms with Gasteiger partial charge in [0, 0.05) is 38.3 Å². The van der Waals surface area contributed by atoms with Crippen molar-refractivity contribution in [3.05, 3.63) is 115 Å². The summed E-state index contributed by atoms with van der Waals surface area (Å²) in [5, 5.41) is 5.10. The van der Waals surface area contributed by atoms with Crippen LogP contribution in [0.25, 0.3) is 60.4 Å². The molecule has 5 aromatic carbocycles. The summed E-state index contributed by atoms with van der Waals surface area (Å²) in [5.74, 6) is 0. The number of aromatic nitrogens is 2. The van der Waals surface area contributed by atoms with Gasteiger partial charge >= 0.3 is 0 Å². The van der Waals surface area contributed by atoms with Crippen molar-refractivity contribution in [2.24, 2.45) is 0 Å². The van der Waals surface area contributed by atoms with Crippen LogP contribution in [-0.2, 0) is 0 Å². The predicted octanol–water partition coefficient (Wildman–Crippen LogP) is 9.11. The number of H-pyrrole nitrogens is 1. The summed E-state index contributed by atoms with van der Waals surface area (Å²) < 4.78 is 2.36. The zero-order chi connectivity index (χ0) is 23.1. The third-order valence-electron chi connectivity index (χ3n) is 6.53. The van der Waals surface area contributed by atoms with Gasteiger partial charge in [-0.3, -0.25) is 0 Å². The van der Waals surface area contributed by atoms with E-state index >= 15 is 0 Å². The van der Waals surface area contributed by atoms with Crippen molar-refractivity contribution in [2.75, 3.05) is 0 Å². The molecule has 0 aliphatic carbocycles. The molecule has 0 aliphatic heterocycles. The van der Waals surface area contributed by atoms with E-state index < -0.39 is 0 Å². The van der Waals surface area contributed by atoms with Crippen LogP contribution in [0.3, 0.4) is 0 Å². The fourth-order valence-electron chi connectivity index (χ4n) is 5.04. The Labute approximate surface area is 199 Å². The van der Waals surface area contributed by atoms with Crippen molar-refractivity contribution in [3.8, 4) is 16.8 Å². The minimum absolute atomic E-state index is 1.18. The van der Waals surface area contributed by atoms with E-state index in [-0.39, 0.29) is 0 Å². The molecule has 7 rings (SSSR count). The highest BCUT2D eigenvalue weighted by Gasteiger charge is 2.13. The molecule has 0 saturated heterocycles. The van der Waals surface area contributed by atoms with E-state index in [1.807, 2.05) is 13.8 Å². The van der Waals surface area contributed by atoms with Gasteiger partial charge in [-0.25, -0.2) is 0 Å². The number of benzene rings is 5. The number of nitrogens with zero attached hydrogens (tertiary/aromatic N) is 1. The van der Waals surface area contributed by atoms with Crippen molar-refractivity contribution in [1.82, 2.24) is 9.55 Å². The molecule has 0 bridgehead atoms. The summed E-state index contributed by atoms with van der Waals surface area (Å²) in [4.78, 5) is 3.53. The minimum Gasteiger partial charge on any atom is -0.355 e. The Kier molecular flexibility index (Phi) is 4.92. The topological polar surface area (TPSA) is 20.7 Å². The van der Waals surface area contributed by atoms with Gasteiger partial charge in [-0.1, -0.05) is 80.6 Å². The van der Waals surface area contributed by atoms with Gasteiger partial charge in [0.1, 0.15) is 0 Å². The first kappa shape index (κ1) is 20.3. The predicted molar refractivity (Wildman–Crippen MR) is 147 cm³/mol. The largest absolute Gasteiger partial charge is 0.355 e. The van der Waals surface area contributed by atoms with E-state index in [4.69, 9.17) is 0 Å². The van der Waals surface area contributed by atoms with E-state index in [1.165, 1.54) is 60.4 Å². The molecule has 7 aromatic rings. The molecule has 0 unspecified atom stereocenters. The number of rotatable bonds is 2. The first-order valence-electron chi connectivity index (χ1n) is 12.0. The summed E-state index contributed by atoms with van der Waals surface area (Å²) in [5.41, 5.74) is 8.48. The average Bonchev–Trinajstić information content (AvgIpc) is 3.45. The molecular formula is C32H26N2. The van der Waals surface area contributed by atoms with Gasteiger partial charge in [0.2, 0.25) is 0 Å². The second-order valence-electron chi connectivity index (χ2n) is 8.35. The zero-order valence-corrected chi connectivity index (χ0v) is 19.4. The van der Waals surface area contributed by atoms with Crippen LogP contribution in [0.15, 0.2) is 115 Å². The van der Waals surface area contributed by atoms with Gasteiger partial charge in [-0.15, -0.1) is 0 Å². The van der Waals surface area contributed by atoms with E-state index in [0.717, 1.165) is 0 Å². The molecule has 2 nitrogen and oxygen atoms in total. The Morgan fingerprint density at radius 2 is 1.06 bits per heavy atom. The van der Waals surface area contributed by atoms with Crippen LogP contribution >= 0.6 is 0 Å². The highest BCUT2D eigenvalue weighted by atomic mass is 15.0.